The van der Waals surface area contributed by atoms with Crippen molar-refractivity contribution in [2.45, 2.75) is 26.4 Å². The number of para-hydroxylation sites is 2. The summed E-state index contributed by atoms with van der Waals surface area (Å²) < 4.78 is 7.38. The lowest BCUT2D eigenvalue weighted by Gasteiger charge is -2.40. The summed E-state index contributed by atoms with van der Waals surface area (Å²) in [6.45, 7) is 7.55. The number of anilines is 1. The van der Waals surface area contributed by atoms with Crippen LogP contribution in [0.1, 0.15) is 29.8 Å². The lowest BCUT2D eigenvalue weighted by Crippen LogP contribution is -2.49. The van der Waals surface area contributed by atoms with E-state index in [0.29, 0.717) is 17.9 Å². The van der Waals surface area contributed by atoms with E-state index in [1.165, 1.54) is 5.69 Å². The van der Waals surface area contributed by atoms with Gasteiger partial charge in [-0.2, -0.15) is 0 Å². The highest BCUT2D eigenvalue weighted by molar-refractivity contribution is 5.48. The largest absolute Gasteiger partial charge is 0.507 e. The Morgan fingerprint density at radius 3 is 2.31 bits per heavy atom. The van der Waals surface area contributed by atoms with Crippen molar-refractivity contribution in [3.05, 3.63) is 87.8 Å². The summed E-state index contributed by atoms with van der Waals surface area (Å²) in [7, 11) is 1.64. The zero-order valence-electron chi connectivity index (χ0n) is 19.0. The van der Waals surface area contributed by atoms with Gasteiger partial charge in [0.25, 0.3) is 5.56 Å². The SMILES string of the molecule is CCn1c(C)cc(O)c(C(c2ccccc2OC)N2CCN(c3ccccc3)CC2)c1=O. The number of hydrogen-bond acceptors (Lipinski definition) is 5. The molecule has 1 atom stereocenters. The molecule has 2 aromatic carbocycles. The predicted molar refractivity (Wildman–Crippen MR) is 128 cm³/mol. The number of pyridine rings is 1. The smallest absolute Gasteiger partial charge is 0.259 e. The summed E-state index contributed by atoms with van der Waals surface area (Å²) in [5.74, 6) is 0.754. The lowest BCUT2D eigenvalue weighted by molar-refractivity contribution is 0.204. The first kappa shape index (κ1) is 22.0. The molecule has 1 aliphatic rings. The molecule has 1 aliphatic heterocycles. The van der Waals surface area contributed by atoms with Crippen LogP contribution in [0.2, 0.25) is 0 Å². The Labute approximate surface area is 189 Å². The highest BCUT2D eigenvalue weighted by Gasteiger charge is 2.33. The van der Waals surface area contributed by atoms with E-state index >= 15 is 0 Å². The van der Waals surface area contributed by atoms with Gasteiger partial charge in [0.1, 0.15) is 11.5 Å². The van der Waals surface area contributed by atoms with Crippen LogP contribution in [0, 0.1) is 6.92 Å². The fourth-order valence-corrected chi connectivity index (χ4v) is 4.72. The number of ether oxygens (including phenoxy) is 1. The van der Waals surface area contributed by atoms with Gasteiger partial charge in [-0.25, -0.2) is 0 Å². The first-order valence-electron chi connectivity index (χ1n) is 11.2. The Hall–Kier alpha value is -3.25. The average molecular weight is 434 g/mol. The maximum Gasteiger partial charge on any atom is 0.259 e. The second-order valence-electron chi connectivity index (χ2n) is 8.14. The molecule has 2 heterocycles. The Bertz CT molecular complexity index is 1120. The molecule has 3 aromatic rings. The second kappa shape index (κ2) is 9.49. The van der Waals surface area contributed by atoms with Crippen LogP contribution in [0.5, 0.6) is 11.5 Å². The van der Waals surface area contributed by atoms with Gasteiger partial charge in [0.2, 0.25) is 0 Å². The quantitative estimate of drug-likeness (QED) is 0.641. The van der Waals surface area contributed by atoms with Crippen LogP contribution in [-0.4, -0.2) is 47.9 Å². The molecule has 168 valence electrons. The van der Waals surface area contributed by atoms with E-state index in [0.717, 1.165) is 37.4 Å². The van der Waals surface area contributed by atoms with Gasteiger partial charge in [-0.3, -0.25) is 9.69 Å². The molecule has 0 radical (unpaired) electrons. The Balaban J connectivity index is 1.77. The van der Waals surface area contributed by atoms with E-state index in [9.17, 15) is 9.90 Å². The first-order valence-corrected chi connectivity index (χ1v) is 11.2. The minimum absolute atomic E-state index is 0.0404. The molecule has 0 aliphatic carbocycles. The number of aromatic hydroxyl groups is 1. The van der Waals surface area contributed by atoms with Crippen LogP contribution < -0.4 is 15.2 Å². The molecule has 1 unspecified atom stereocenters. The number of benzene rings is 2. The van der Waals surface area contributed by atoms with Crippen molar-refractivity contribution >= 4 is 5.69 Å². The Kier molecular flexibility index (Phi) is 6.51. The van der Waals surface area contributed by atoms with Crippen LogP contribution in [0.3, 0.4) is 0 Å². The summed E-state index contributed by atoms with van der Waals surface area (Å²) in [6.07, 6.45) is 0. The van der Waals surface area contributed by atoms with Crippen molar-refractivity contribution < 1.29 is 9.84 Å². The summed E-state index contributed by atoms with van der Waals surface area (Å²) in [5, 5.41) is 11.0. The van der Waals surface area contributed by atoms with Gasteiger partial charge < -0.3 is 19.3 Å². The van der Waals surface area contributed by atoms with Gasteiger partial charge in [0, 0.05) is 49.7 Å². The summed E-state index contributed by atoms with van der Waals surface area (Å²) >= 11 is 0. The van der Waals surface area contributed by atoms with Crippen molar-refractivity contribution in [1.29, 1.82) is 0 Å². The highest BCUT2D eigenvalue weighted by Crippen LogP contribution is 2.37. The average Bonchev–Trinajstić information content (AvgIpc) is 2.82. The Morgan fingerprint density at radius 2 is 1.66 bits per heavy atom. The monoisotopic (exact) mass is 433 g/mol. The summed E-state index contributed by atoms with van der Waals surface area (Å²) in [6, 6.07) is 19.5. The van der Waals surface area contributed by atoms with Crippen LogP contribution >= 0.6 is 0 Å². The predicted octanol–water partition coefficient (Wildman–Crippen LogP) is 3.80. The number of hydrogen-bond donors (Lipinski definition) is 1. The molecule has 0 amide bonds. The first-order chi connectivity index (χ1) is 15.5. The van der Waals surface area contributed by atoms with Crippen molar-refractivity contribution in [2.75, 3.05) is 38.2 Å². The number of methoxy groups -OCH3 is 1. The maximum atomic E-state index is 13.5. The Morgan fingerprint density at radius 1 is 1.00 bits per heavy atom. The zero-order chi connectivity index (χ0) is 22.7. The third kappa shape index (κ3) is 4.10. The minimum atomic E-state index is -0.394. The second-order valence-corrected chi connectivity index (χ2v) is 8.14. The molecule has 1 aromatic heterocycles. The van der Waals surface area contributed by atoms with Gasteiger partial charge in [0.15, 0.2) is 0 Å². The van der Waals surface area contributed by atoms with Crippen LogP contribution in [0.15, 0.2) is 65.5 Å². The fraction of sp³-hybridized carbons (Fsp3) is 0.346. The summed E-state index contributed by atoms with van der Waals surface area (Å²) in [5.41, 5.74) is 3.11. The molecule has 4 rings (SSSR count). The van der Waals surface area contributed by atoms with E-state index < -0.39 is 6.04 Å². The van der Waals surface area contributed by atoms with Crippen LogP contribution in [-0.2, 0) is 6.54 Å². The van der Waals surface area contributed by atoms with Crippen molar-refractivity contribution in [3.8, 4) is 11.5 Å². The van der Waals surface area contributed by atoms with Gasteiger partial charge in [-0.1, -0.05) is 36.4 Å². The maximum absolute atomic E-state index is 13.5. The normalized spacial score (nSPS) is 15.5. The van der Waals surface area contributed by atoms with Gasteiger partial charge >= 0.3 is 0 Å². The molecule has 0 spiro atoms. The molecular weight excluding hydrogens is 402 g/mol. The van der Waals surface area contributed by atoms with E-state index in [2.05, 4.69) is 34.1 Å². The molecule has 1 fully saturated rings. The molecule has 6 heteroatoms. The molecule has 1 saturated heterocycles. The molecule has 6 nitrogen and oxygen atoms in total. The third-order valence-electron chi connectivity index (χ3n) is 6.35. The summed E-state index contributed by atoms with van der Waals surface area (Å²) in [4.78, 5) is 18.1. The van der Waals surface area contributed by atoms with Crippen LogP contribution in [0.4, 0.5) is 5.69 Å². The number of aryl methyl sites for hydroxylation is 1. The van der Waals surface area contributed by atoms with Gasteiger partial charge in [-0.05, 0) is 38.1 Å². The zero-order valence-corrected chi connectivity index (χ0v) is 19.0. The molecule has 32 heavy (non-hydrogen) atoms. The molecule has 1 N–H and O–H groups in total. The highest BCUT2D eigenvalue weighted by atomic mass is 16.5. The van der Waals surface area contributed by atoms with Crippen molar-refractivity contribution in [3.63, 3.8) is 0 Å². The van der Waals surface area contributed by atoms with Crippen LogP contribution in [0.25, 0.3) is 0 Å². The minimum Gasteiger partial charge on any atom is -0.507 e. The van der Waals surface area contributed by atoms with Crippen molar-refractivity contribution in [2.24, 2.45) is 0 Å². The number of aromatic nitrogens is 1. The standard InChI is InChI=1S/C26H31N3O3/c1-4-29-19(2)18-22(30)24(26(29)31)25(21-12-8-9-13-23(21)32-3)28-16-14-27(15-17-28)20-10-6-5-7-11-20/h5-13,18,25,30H,4,14-17H2,1-3H3. The topological polar surface area (TPSA) is 57.9 Å². The van der Waals surface area contributed by atoms with E-state index in [-0.39, 0.29) is 11.3 Å². The van der Waals surface area contributed by atoms with E-state index in [4.69, 9.17) is 4.74 Å². The van der Waals surface area contributed by atoms with Gasteiger partial charge in [0.05, 0.1) is 18.7 Å². The molecular formula is C26H31N3O3. The number of nitrogens with zero attached hydrogens (tertiary/aromatic N) is 3. The fourth-order valence-electron chi connectivity index (χ4n) is 4.72. The third-order valence-corrected chi connectivity index (χ3v) is 6.35. The lowest BCUT2D eigenvalue weighted by atomic mass is 9.95. The van der Waals surface area contributed by atoms with E-state index in [1.807, 2.05) is 44.2 Å². The number of rotatable bonds is 6. The molecule has 0 bridgehead atoms. The number of piperazine rings is 1. The van der Waals surface area contributed by atoms with Crippen molar-refractivity contribution in [1.82, 2.24) is 9.47 Å². The van der Waals surface area contributed by atoms with E-state index in [1.54, 1.807) is 17.7 Å². The molecule has 0 saturated carbocycles. The van der Waals surface area contributed by atoms with Gasteiger partial charge in [-0.15, -0.1) is 0 Å².